The van der Waals surface area contributed by atoms with E-state index in [4.69, 9.17) is 4.74 Å². The molecule has 0 bridgehead atoms. The first kappa shape index (κ1) is 21.3. The molecule has 4 nitrogen and oxygen atoms in total. The number of hydrogen-bond acceptors (Lipinski definition) is 2. The summed E-state index contributed by atoms with van der Waals surface area (Å²) in [6.45, 7) is 11.3. The van der Waals surface area contributed by atoms with Crippen molar-refractivity contribution in [1.29, 1.82) is 0 Å². The molecule has 0 saturated carbocycles. The van der Waals surface area contributed by atoms with Gasteiger partial charge in [0.25, 0.3) is 0 Å². The summed E-state index contributed by atoms with van der Waals surface area (Å²) in [5, 5.41) is 6.72. The van der Waals surface area contributed by atoms with Crippen molar-refractivity contribution in [3.05, 3.63) is 0 Å². The second kappa shape index (κ2) is 14.4. The van der Waals surface area contributed by atoms with Gasteiger partial charge in [-0.05, 0) is 39.0 Å². The molecule has 1 unspecified atom stereocenters. The first-order valence-corrected chi connectivity index (χ1v) is 7.15. The van der Waals surface area contributed by atoms with Crippen molar-refractivity contribution in [2.24, 2.45) is 10.9 Å². The summed E-state index contributed by atoms with van der Waals surface area (Å²) < 4.78 is 5.03. The third-order valence-electron chi connectivity index (χ3n) is 2.99. The average molecular weight is 385 g/mol. The van der Waals surface area contributed by atoms with Crippen molar-refractivity contribution < 1.29 is 4.74 Å². The maximum atomic E-state index is 5.03. The molecule has 19 heavy (non-hydrogen) atoms. The van der Waals surface area contributed by atoms with Crippen LogP contribution in [0.15, 0.2) is 4.99 Å². The van der Waals surface area contributed by atoms with Crippen molar-refractivity contribution in [2.75, 3.05) is 26.8 Å². The van der Waals surface area contributed by atoms with E-state index in [0.29, 0.717) is 12.0 Å². The topological polar surface area (TPSA) is 45.7 Å². The fourth-order valence-electron chi connectivity index (χ4n) is 1.43. The molecule has 0 heterocycles. The minimum atomic E-state index is 0. The van der Waals surface area contributed by atoms with E-state index >= 15 is 0 Å². The number of rotatable bonds is 9. The number of nitrogens with zero attached hydrogens (tertiary/aromatic N) is 1. The molecule has 0 aromatic carbocycles. The zero-order valence-electron chi connectivity index (χ0n) is 13.2. The zero-order valence-corrected chi connectivity index (χ0v) is 15.5. The lowest BCUT2D eigenvalue weighted by molar-refractivity contribution is 0.192. The quantitative estimate of drug-likeness (QED) is 0.278. The summed E-state index contributed by atoms with van der Waals surface area (Å²) in [6.07, 6.45) is 3.42. The molecule has 116 valence electrons. The number of hydrogen-bond donors (Lipinski definition) is 2. The van der Waals surface area contributed by atoms with Crippen LogP contribution < -0.4 is 10.6 Å². The van der Waals surface area contributed by atoms with Crippen molar-refractivity contribution in [3.8, 4) is 0 Å². The molecule has 0 aromatic rings. The van der Waals surface area contributed by atoms with Crippen LogP contribution in [0.2, 0.25) is 0 Å². The van der Waals surface area contributed by atoms with Gasteiger partial charge in [-0.25, -0.2) is 0 Å². The molecule has 1 atom stereocenters. The molecule has 0 aliphatic rings. The maximum Gasteiger partial charge on any atom is 0.191 e. The molecule has 0 aromatic heterocycles. The van der Waals surface area contributed by atoms with E-state index in [9.17, 15) is 0 Å². The van der Waals surface area contributed by atoms with Gasteiger partial charge in [-0.1, -0.05) is 13.8 Å². The Morgan fingerprint density at radius 2 is 1.84 bits per heavy atom. The van der Waals surface area contributed by atoms with E-state index in [1.807, 2.05) is 0 Å². The Morgan fingerprint density at radius 3 is 2.37 bits per heavy atom. The summed E-state index contributed by atoms with van der Waals surface area (Å²) in [5.74, 6) is 1.54. The highest BCUT2D eigenvalue weighted by Gasteiger charge is 2.08. The summed E-state index contributed by atoms with van der Waals surface area (Å²) in [6, 6.07) is 0.441. The van der Waals surface area contributed by atoms with Crippen LogP contribution >= 0.6 is 24.0 Å². The molecule has 2 N–H and O–H groups in total. The summed E-state index contributed by atoms with van der Waals surface area (Å²) in [4.78, 5) is 4.59. The number of ether oxygens (including phenoxy) is 1. The van der Waals surface area contributed by atoms with E-state index in [0.717, 1.165) is 38.5 Å². The van der Waals surface area contributed by atoms with E-state index in [2.05, 4.69) is 43.3 Å². The number of unbranched alkanes of at least 4 members (excludes halogenated alkanes) is 2. The van der Waals surface area contributed by atoms with E-state index in [1.165, 1.54) is 6.42 Å². The van der Waals surface area contributed by atoms with E-state index in [1.54, 1.807) is 7.11 Å². The Labute approximate surface area is 136 Å². The van der Waals surface area contributed by atoms with Crippen LogP contribution in [0, 0.1) is 5.92 Å². The predicted octanol–water partition coefficient (Wildman–Crippen LogP) is 3.02. The first-order valence-electron chi connectivity index (χ1n) is 7.15. The van der Waals surface area contributed by atoms with Crippen LogP contribution in [0.3, 0.4) is 0 Å². The van der Waals surface area contributed by atoms with E-state index in [-0.39, 0.29) is 24.0 Å². The van der Waals surface area contributed by atoms with Crippen LogP contribution in [-0.2, 0) is 4.74 Å². The molecule has 0 radical (unpaired) electrons. The predicted molar refractivity (Wildman–Crippen MR) is 94.6 cm³/mol. The summed E-state index contributed by atoms with van der Waals surface area (Å²) in [5.41, 5.74) is 0. The van der Waals surface area contributed by atoms with E-state index < -0.39 is 0 Å². The molecule has 5 heteroatoms. The molecular weight excluding hydrogens is 353 g/mol. The maximum absolute atomic E-state index is 5.03. The fraction of sp³-hybridized carbons (Fsp3) is 0.929. The number of guanidine groups is 1. The van der Waals surface area contributed by atoms with Gasteiger partial charge in [0, 0.05) is 32.8 Å². The monoisotopic (exact) mass is 385 g/mol. The molecular formula is C14H32IN3O. The standard InChI is InChI=1S/C14H31N3O.HI/c1-6-15-14(17-13(4)12(2)3)16-10-8-7-9-11-18-5;/h12-13H,6-11H2,1-5H3,(H2,15,16,17);1H. The third-order valence-corrected chi connectivity index (χ3v) is 2.99. The summed E-state index contributed by atoms with van der Waals surface area (Å²) in [7, 11) is 1.75. The van der Waals surface area contributed by atoms with Crippen molar-refractivity contribution in [3.63, 3.8) is 0 Å². The van der Waals surface area contributed by atoms with Crippen LogP contribution in [0.5, 0.6) is 0 Å². The molecule has 0 aliphatic carbocycles. The van der Waals surface area contributed by atoms with Crippen LogP contribution in [0.1, 0.15) is 47.0 Å². The van der Waals surface area contributed by atoms with Crippen LogP contribution in [0.25, 0.3) is 0 Å². The van der Waals surface area contributed by atoms with Crippen molar-refractivity contribution >= 4 is 29.9 Å². The Balaban J connectivity index is 0. The first-order chi connectivity index (χ1) is 8.61. The number of methoxy groups -OCH3 is 1. The van der Waals surface area contributed by atoms with Gasteiger partial charge in [-0.3, -0.25) is 4.99 Å². The molecule has 0 amide bonds. The van der Waals surface area contributed by atoms with Crippen molar-refractivity contribution in [1.82, 2.24) is 10.6 Å². The highest BCUT2D eigenvalue weighted by atomic mass is 127. The lowest BCUT2D eigenvalue weighted by Crippen LogP contribution is -2.44. The minimum absolute atomic E-state index is 0. The van der Waals surface area contributed by atoms with Gasteiger partial charge in [0.1, 0.15) is 0 Å². The van der Waals surface area contributed by atoms with Gasteiger partial charge >= 0.3 is 0 Å². The molecule has 0 fully saturated rings. The van der Waals surface area contributed by atoms with Crippen molar-refractivity contribution in [2.45, 2.75) is 53.0 Å². The lowest BCUT2D eigenvalue weighted by atomic mass is 10.1. The molecule has 0 spiro atoms. The smallest absolute Gasteiger partial charge is 0.191 e. The van der Waals surface area contributed by atoms with Gasteiger partial charge in [0.2, 0.25) is 0 Å². The van der Waals surface area contributed by atoms with Gasteiger partial charge in [-0.15, -0.1) is 24.0 Å². The second-order valence-corrected chi connectivity index (χ2v) is 4.99. The largest absolute Gasteiger partial charge is 0.385 e. The number of nitrogens with one attached hydrogen (secondary N) is 2. The normalized spacial score (nSPS) is 13.1. The van der Waals surface area contributed by atoms with Gasteiger partial charge in [0.15, 0.2) is 5.96 Å². The molecule has 0 aliphatic heterocycles. The Bertz CT molecular complexity index is 223. The van der Waals surface area contributed by atoms with Gasteiger partial charge in [0.05, 0.1) is 0 Å². The van der Waals surface area contributed by atoms with Crippen LogP contribution in [-0.4, -0.2) is 38.8 Å². The Kier molecular flexibility index (Phi) is 16.1. The highest BCUT2D eigenvalue weighted by molar-refractivity contribution is 14.0. The average Bonchev–Trinajstić information content (AvgIpc) is 2.33. The highest BCUT2D eigenvalue weighted by Crippen LogP contribution is 2.00. The Morgan fingerprint density at radius 1 is 1.16 bits per heavy atom. The minimum Gasteiger partial charge on any atom is -0.385 e. The van der Waals surface area contributed by atoms with Gasteiger partial charge < -0.3 is 15.4 Å². The van der Waals surface area contributed by atoms with Gasteiger partial charge in [-0.2, -0.15) is 0 Å². The number of aliphatic imine (C=N–C) groups is 1. The summed E-state index contributed by atoms with van der Waals surface area (Å²) >= 11 is 0. The molecule has 0 rings (SSSR count). The lowest BCUT2D eigenvalue weighted by Gasteiger charge is -2.20. The fourth-order valence-corrected chi connectivity index (χ4v) is 1.43. The third kappa shape index (κ3) is 12.7. The number of halogens is 1. The zero-order chi connectivity index (χ0) is 13.8. The Hall–Kier alpha value is -0.0400. The SMILES string of the molecule is CCNC(=NCCCCCOC)NC(C)C(C)C.I. The second-order valence-electron chi connectivity index (χ2n) is 4.99. The van der Waals surface area contributed by atoms with Crippen LogP contribution in [0.4, 0.5) is 0 Å². The molecule has 0 saturated heterocycles.